The van der Waals surface area contributed by atoms with E-state index in [0.717, 1.165) is 25.2 Å². The predicted molar refractivity (Wildman–Crippen MR) is 98.4 cm³/mol. The maximum absolute atomic E-state index is 14.4. The average molecular weight is 337 g/mol. The molecule has 1 fully saturated rings. The fourth-order valence-electron chi connectivity index (χ4n) is 4.18. The lowest BCUT2D eigenvalue weighted by molar-refractivity contribution is 0.297. The Balaban J connectivity index is 1.83. The van der Waals surface area contributed by atoms with Gasteiger partial charge in [-0.15, -0.1) is 0 Å². The molecule has 0 N–H and O–H groups in total. The van der Waals surface area contributed by atoms with E-state index in [1.54, 1.807) is 6.07 Å². The van der Waals surface area contributed by atoms with Crippen molar-refractivity contribution in [3.8, 4) is 0 Å². The van der Waals surface area contributed by atoms with Crippen LogP contribution in [-0.2, 0) is 6.42 Å². The molecule has 1 aromatic carbocycles. The van der Waals surface area contributed by atoms with Gasteiger partial charge >= 0.3 is 0 Å². The van der Waals surface area contributed by atoms with E-state index >= 15 is 0 Å². The van der Waals surface area contributed by atoms with Gasteiger partial charge in [0.05, 0.1) is 0 Å². The molecule has 1 aliphatic rings. The Labute approximate surface area is 147 Å². The Morgan fingerprint density at radius 2 is 1.54 bits per heavy atom. The zero-order chi connectivity index (χ0) is 17.4. The summed E-state index contributed by atoms with van der Waals surface area (Å²) in [5.74, 6) is -0.168. The zero-order valence-corrected chi connectivity index (χ0v) is 15.6. The van der Waals surface area contributed by atoms with Crippen LogP contribution in [-0.4, -0.2) is 0 Å². The van der Waals surface area contributed by atoms with Crippen molar-refractivity contribution in [2.24, 2.45) is 5.92 Å². The maximum atomic E-state index is 14.4. The molecule has 2 heteroatoms. The second-order valence-electron chi connectivity index (χ2n) is 7.61. The third-order valence-electron chi connectivity index (χ3n) is 5.71. The van der Waals surface area contributed by atoms with Crippen LogP contribution in [0.25, 0.3) is 0 Å². The lowest BCUT2D eigenvalue weighted by Gasteiger charge is -2.29. The number of unbranched alkanes of at least 4 members (excludes halogenated alkanes) is 4. The van der Waals surface area contributed by atoms with Gasteiger partial charge in [0.2, 0.25) is 0 Å². The molecule has 0 atom stereocenters. The van der Waals surface area contributed by atoms with Crippen molar-refractivity contribution in [1.29, 1.82) is 0 Å². The second kappa shape index (κ2) is 10.2. The fraction of sp³-hybridized carbons (Fsp3) is 0.727. The molecule has 0 amide bonds. The molecule has 1 aromatic rings. The van der Waals surface area contributed by atoms with Gasteiger partial charge in [0.1, 0.15) is 0 Å². The third kappa shape index (κ3) is 5.29. The molecule has 0 saturated heterocycles. The highest BCUT2D eigenvalue weighted by Gasteiger charge is 2.25. The summed E-state index contributed by atoms with van der Waals surface area (Å²) in [6, 6.07) is 3.65. The first-order valence-corrected chi connectivity index (χ1v) is 10.1. The van der Waals surface area contributed by atoms with E-state index in [0.29, 0.717) is 17.5 Å². The van der Waals surface area contributed by atoms with Crippen molar-refractivity contribution in [1.82, 2.24) is 0 Å². The molecule has 0 aromatic heterocycles. The van der Waals surface area contributed by atoms with E-state index < -0.39 is 11.6 Å². The fourth-order valence-corrected chi connectivity index (χ4v) is 4.18. The first-order chi connectivity index (χ1) is 11.7. The van der Waals surface area contributed by atoms with Gasteiger partial charge < -0.3 is 0 Å². The summed E-state index contributed by atoms with van der Waals surface area (Å²) < 4.78 is 28.6. The van der Waals surface area contributed by atoms with Crippen LogP contribution in [0.1, 0.15) is 102 Å². The highest BCUT2D eigenvalue weighted by molar-refractivity contribution is 5.29. The summed E-state index contributed by atoms with van der Waals surface area (Å²) in [5.41, 5.74) is 1.15. The lowest BCUT2D eigenvalue weighted by Crippen LogP contribution is -2.15. The molecule has 0 unspecified atom stereocenters. The molecule has 0 radical (unpaired) electrons. The molecule has 0 heterocycles. The van der Waals surface area contributed by atoms with E-state index in [1.165, 1.54) is 51.4 Å². The molecule has 1 saturated carbocycles. The molecule has 0 aliphatic heterocycles. The zero-order valence-electron chi connectivity index (χ0n) is 15.6. The van der Waals surface area contributed by atoms with Crippen molar-refractivity contribution in [2.45, 2.75) is 96.8 Å². The van der Waals surface area contributed by atoms with Crippen molar-refractivity contribution < 1.29 is 8.78 Å². The lowest BCUT2D eigenvalue weighted by atomic mass is 9.76. The largest absolute Gasteiger partial charge is 0.203 e. The molecule has 0 spiro atoms. The van der Waals surface area contributed by atoms with Gasteiger partial charge in [-0.1, -0.05) is 70.9 Å². The van der Waals surface area contributed by atoms with E-state index in [4.69, 9.17) is 0 Å². The molecule has 2 rings (SSSR count). The number of aryl methyl sites for hydroxylation is 1. The van der Waals surface area contributed by atoms with E-state index in [-0.39, 0.29) is 5.92 Å². The third-order valence-corrected chi connectivity index (χ3v) is 5.71. The van der Waals surface area contributed by atoms with Crippen LogP contribution in [0.5, 0.6) is 0 Å². The van der Waals surface area contributed by atoms with Crippen molar-refractivity contribution in [2.75, 3.05) is 0 Å². The Morgan fingerprint density at radius 3 is 2.21 bits per heavy atom. The minimum atomic E-state index is -0.604. The number of benzene rings is 1. The SMILES string of the molecule is CCCCCCCC1CCC(c2ccc(CCC)c(F)c2F)CC1. The van der Waals surface area contributed by atoms with Crippen molar-refractivity contribution in [3.63, 3.8) is 0 Å². The van der Waals surface area contributed by atoms with Gasteiger partial charge in [0.25, 0.3) is 0 Å². The minimum absolute atomic E-state index is 0.214. The van der Waals surface area contributed by atoms with Gasteiger partial charge in [-0.3, -0.25) is 0 Å². The Kier molecular flexibility index (Phi) is 8.21. The normalized spacial score (nSPS) is 21.2. The van der Waals surface area contributed by atoms with Crippen LogP contribution < -0.4 is 0 Å². The predicted octanol–water partition coefficient (Wildman–Crippen LogP) is 7.55. The molecule has 1 aliphatic carbocycles. The van der Waals surface area contributed by atoms with Crippen LogP contribution in [0.2, 0.25) is 0 Å². The summed E-state index contributed by atoms with van der Waals surface area (Å²) in [7, 11) is 0. The molecule has 0 bridgehead atoms. The van der Waals surface area contributed by atoms with Crippen molar-refractivity contribution in [3.05, 3.63) is 34.9 Å². The van der Waals surface area contributed by atoms with E-state index in [1.807, 2.05) is 13.0 Å². The molecule has 0 nitrogen and oxygen atoms in total. The van der Waals surface area contributed by atoms with Crippen molar-refractivity contribution >= 4 is 0 Å². The number of hydrogen-bond acceptors (Lipinski definition) is 0. The smallest absolute Gasteiger partial charge is 0.162 e. The summed E-state index contributed by atoms with van der Waals surface area (Å²) in [4.78, 5) is 0. The van der Waals surface area contributed by atoms with Crippen LogP contribution in [0, 0.1) is 17.6 Å². The Morgan fingerprint density at radius 1 is 0.833 bits per heavy atom. The Hall–Kier alpha value is -0.920. The molecular weight excluding hydrogens is 302 g/mol. The quantitative estimate of drug-likeness (QED) is 0.408. The van der Waals surface area contributed by atoms with E-state index in [9.17, 15) is 8.78 Å². The van der Waals surface area contributed by atoms with Crippen LogP contribution in [0.15, 0.2) is 12.1 Å². The number of halogens is 2. The molecule has 24 heavy (non-hydrogen) atoms. The highest BCUT2D eigenvalue weighted by Crippen LogP contribution is 2.39. The standard InChI is InChI=1S/C22H34F2/c1-3-5-6-7-8-10-17-11-13-18(14-12-17)20-16-15-19(9-4-2)21(23)22(20)24/h15-18H,3-14H2,1-2H3. The van der Waals surface area contributed by atoms with E-state index in [2.05, 4.69) is 6.92 Å². The number of hydrogen-bond donors (Lipinski definition) is 0. The van der Waals surface area contributed by atoms with Gasteiger partial charge in [-0.25, -0.2) is 8.78 Å². The maximum Gasteiger partial charge on any atom is 0.162 e. The topological polar surface area (TPSA) is 0 Å². The summed E-state index contributed by atoms with van der Waals surface area (Å²) in [5, 5.41) is 0. The van der Waals surface area contributed by atoms with Crippen LogP contribution in [0.4, 0.5) is 8.78 Å². The summed E-state index contributed by atoms with van der Waals surface area (Å²) in [6.07, 6.45) is 13.9. The Bertz CT molecular complexity index is 487. The van der Waals surface area contributed by atoms with Gasteiger partial charge in [-0.2, -0.15) is 0 Å². The second-order valence-corrected chi connectivity index (χ2v) is 7.61. The van der Waals surface area contributed by atoms with Gasteiger partial charge in [-0.05, 0) is 55.1 Å². The number of rotatable bonds is 9. The van der Waals surface area contributed by atoms with Crippen LogP contribution in [0.3, 0.4) is 0 Å². The minimum Gasteiger partial charge on any atom is -0.203 e. The first kappa shape index (κ1) is 19.4. The van der Waals surface area contributed by atoms with Gasteiger partial charge in [0, 0.05) is 0 Å². The highest BCUT2D eigenvalue weighted by atomic mass is 19.2. The molecular formula is C22H34F2. The molecule has 136 valence electrons. The van der Waals surface area contributed by atoms with Gasteiger partial charge in [0.15, 0.2) is 11.6 Å². The monoisotopic (exact) mass is 336 g/mol. The average Bonchev–Trinajstić information content (AvgIpc) is 2.60. The summed E-state index contributed by atoms with van der Waals surface area (Å²) >= 11 is 0. The van der Waals surface area contributed by atoms with Crippen LogP contribution >= 0.6 is 0 Å². The summed E-state index contributed by atoms with van der Waals surface area (Å²) in [6.45, 7) is 4.24. The first-order valence-electron chi connectivity index (χ1n) is 10.1.